The first-order valence-corrected chi connectivity index (χ1v) is 9.10. The zero-order chi connectivity index (χ0) is 17.0. The van der Waals surface area contributed by atoms with Crippen LogP contribution in [0.5, 0.6) is 11.5 Å². The minimum Gasteiger partial charge on any atom is -0.454 e. The van der Waals surface area contributed by atoms with E-state index in [4.69, 9.17) is 21.1 Å². The summed E-state index contributed by atoms with van der Waals surface area (Å²) >= 11 is 6.40. The van der Waals surface area contributed by atoms with Crippen LogP contribution >= 0.6 is 11.6 Å². The number of fused-ring (bicyclic) bond motifs is 2. The van der Waals surface area contributed by atoms with Crippen LogP contribution in [-0.4, -0.2) is 33.1 Å². The lowest BCUT2D eigenvalue weighted by Gasteiger charge is -2.27. The van der Waals surface area contributed by atoms with Crippen molar-refractivity contribution in [2.75, 3.05) is 13.3 Å². The largest absolute Gasteiger partial charge is 0.454 e. The number of nitrogens with zero attached hydrogens (tertiary/aromatic N) is 3. The quantitative estimate of drug-likeness (QED) is 0.907. The molecule has 0 radical (unpaired) electrons. The van der Waals surface area contributed by atoms with E-state index in [1.165, 1.54) is 0 Å². The van der Waals surface area contributed by atoms with Gasteiger partial charge in [-0.05, 0) is 36.5 Å². The third kappa shape index (κ3) is 2.88. The Morgan fingerprint density at radius 3 is 2.80 bits per heavy atom. The summed E-state index contributed by atoms with van der Waals surface area (Å²) in [6.07, 6.45) is 1.81. The molecule has 1 fully saturated rings. The Kier molecular flexibility index (Phi) is 3.66. The van der Waals surface area contributed by atoms with Crippen LogP contribution in [0.25, 0.3) is 0 Å². The molecule has 1 aromatic heterocycles. The number of aliphatic hydroxyl groups is 1. The standard InChI is InChI=1S/C18H20ClN3O3/c19-14-7-17-16(24-10-25-17)5-12(14)8-21-3-4-22-13(9-21)6-15(20-22)18(23)11-1-2-11/h5-7,11,18,23H,1-4,8-10H2. The van der Waals surface area contributed by atoms with Crippen molar-refractivity contribution in [3.8, 4) is 11.5 Å². The molecule has 132 valence electrons. The summed E-state index contributed by atoms with van der Waals surface area (Å²) in [6.45, 7) is 3.54. The van der Waals surface area contributed by atoms with Gasteiger partial charge < -0.3 is 14.6 Å². The molecule has 3 heterocycles. The smallest absolute Gasteiger partial charge is 0.231 e. The SMILES string of the molecule is OC(c1cc2n(n1)CCN(Cc1cc3c(cc1Cl)OCO3)C2)C1CC1. The maximum Gasteiger partial charge on any atom is 0.231 e. The van der Waals surface area contributed by atoms with E-state index in [2.05, 4.69) is 16.1 Å². The molecule has 0 amide bonds. The van der Waals surface area contributed by atoms with Crippen LogP contribution in [0.15, 0.2) is 18.2 Å². The van der Waals surface area contributed by atoms with Gasteiger partial charge in [0, 0.05) is 30.7 Å². The average Bonchev–Trinajstić information content (AvgIpc) is 3.21. The summed E-state index contributed by atoms with van der Waals surface area (Å²) in [6, 6.07) is 5.85. The highest BCUT2D eigenvalue weighted by Crippen LogP contribution is 2.41. The van der Waals surface area contributed by atoms with Crippen LogP contribution in [0.2, 0.25) is 5.02 Å². The van der Waals surface area contributed by atoms with E-state index in [1.807, 2.05) is 16.8 Å². The Balaban J connectivity index is 1.32. The van der Waals surface area contributed by atoms with E-state index in [-0.39, 0.29) is 6.79 Å². The lowest BCUT2D eigenvalue weighted by molar-refractivity contribution is 0.147. The molecule has 1 N–H and O–H groups in total. The molecule has 1 aliphatic carbocycles. The fourth-order valence-electron chi connectivity index (χ4n) is 3.60. The second kappa shape index (κ2) is 5.90. The molecule has 6 nitrogen and oxygen atoms in total. The maximum atomic E-state index is 10.3. The van der Waals surface area contributed by atoms with Crippen molar-refractivity contribution in [2.45, 2.75) is 38.6 Å². The highest BCUT2D eigenvalue weighted by Gasteiger charge is 2.33. The van der Waals surface area contributed by atoms with Crippen LogP contribution < -0.4 is 9.47 Å². The summed E-state index contributed by atoms with van der Waals surface area (Å²) in [4.78, 5) is 2.34. The van der Waals surface area contributed by atoms with Crippen molar-refractivity contribution in [1.29, 1.82) is 0 Å². The molecule has 3 aliphatic rings. The van der Waals surface area contributed by atoms with Gasteiger partial charge in [-0.1, -0.05) is 11.6 Å². The van der Waals surface area contributed by atoms with E-state index in [1.54, 1.807) is 0 Å². The molecule has 2 aliphatic heterocycles. The molecule has 1 atom stereocenters. The lowest BCUT2D eigenvalue weighted by Crippen LogP contribution is -2.33. The first-order chi connectivity index (χ1) is 12.2. The maximum absolute atomic E-state index is 10.3. The minimum atomic E-state index is -0.408. The van der Waals surface area contributed by atoms with Crippen molar-refractivity contribution in [2.24, 2.45) is 5.92 Å². The third-order valence-corrected chi connectivity index (χ3v) is 5.55. The van der Waals surface area contributed by atoms with Crippen molar-refractivity contribution in [3.05, 3.63) is 40.2 Å². The Bertz CT molecular complexity index is 818. The number of halogens is 1. The molecule has 5 rings (SSSR count). The van der Waals surface area contributed by atoms with Crippen LogP contribution in [-0.2, 0) is 19.6 Å². The fourth-order valence-corrected chi connectivity index (χ4v) is 3.81. The van der Waals surface area contributed by atoms with Gasteiger partial charge in [-0.25, -0.2) is 0 Å². The van der Waals surface area contributed by atoms with Gasteiger partial charge in [0.05, 0.1) is 17.9 Å². The molecule has 1 unspecified atom stereocenters. The molecular weight excluding hydrogens is 342 g/mol. The molecule has 1 aromatic carbocycles. The number of aliphatic hydroxyl groups excluding tert-OH is 1. The Morgan fingerprint density at radius 1 is 1.20 bits per heavy atom. The van der Waals surface area contributed by atoms with Crippen molar-refractivity contribution in [1.82, 2.24) is 14.7 Å². The topological polar surface area (TPSA) is 59.8 Å². The van der Waals surface area contributed by atoms with E-state index in [0.29, 0.717) is 16.7 Å². The molecule has 0 bridgehead atoms. The molecule has 7 heteroatoms. The van der Waals surface area contributed by atoms with Crippen LogP contribution in [0.3, 0.4) is 0 Å². The summed E-state index contributed by atoms with van der Waals surface area (Å²) < 4.78 is 12.8. The Morgan fingerprint density at radius 2 is 2.00 bits per heavy atom. The molecule has 25 heavy (non-hydrogen) atoms. The van der Waals surface area contributed by atoms with Gasteiger partial charge in [0.25, 0.3) is 0 Å². The van der Waals surface area contributed by atoms with Gasteiger partial charge in [0.1, 0.15) is 6.10 Å². The second-order valence-corrected chi connectivity index (χ2v) is 7.48. The lowest BCUT2D eigenvalue weighted by atomic mass is 10.1. The van der Waals surface area contributed by atoms with E-state index >= 15 is 0 Å². The first kappa shape index (κ1) is 15.5. The highest BCUT2D eigenvalue weighted by atomic mass is 35.5. The third-order valence-electron chi connectivity index (χ3n) is 5.20. The number of ether oxygens (including phenoxy) is 2. The molecule has 1 saturated carbocycles. The highest BCUT2D eigenvalue weighted by molar-refractivity contribution is 6.31. The van der Waals surface area contributed by atoms with Gasteiger partial charge >= 0.3 is 0 Å². The number of hydrogen-bond acceptors (Lipinski definition) is 5. The fraction of sp³-hybridized carbons (Fsp3) is 0.500. The van der Waals surface area contributed by atoms with Gasteiger partial charge in [-0.2, -0.15) is 5.10 Å². The van der Waals surface area contributed by atoms with E-state index in [9.17, 15) is 5.11 Å². The van der Waals surface area contributed by atoms with Gasteiger partial charge in [-0.3, -0.25) is 9.58 Å². The van der Waals surface area contributed by atoms with Gasteiger partial charge in [0.2, 0.25) is 6.79 Å². The van der Waals surface area contributed by atoms with Crippen molar-refractivity contribution >= 4 is 11.6 Å². The first-order valence-electron chi connectivity index (χ1n) is 8.72. The van der Waals surface area contributed by atoms with Crippen LogP contribution in [0.4, 0.5) is 0 Å². The van der Waals surface area contributed by atoms with Crippen LogP contribution in [0.1, 0.15) is 35.9 Å². The predicted molar refractivity (Wildman–Crippen MR) is 91.6 cm³/mol. The molecular formula is C18H20ClN3O3. The Labute approximate surface area is 150 Å². The van der Waals surface area contributed by atoms with Crippen molar-refractivity contribution < 1.29 is 14.6 Å². The van der Waals surface area contributed by atoms with Crippen molar-refractivity contribution in [3.63, 3.8) is 0 Å². The monoisotopic (exact) mass is 361 g/mol. The summed E-state index contributed by atoms with van der Waals surface area (Å²) in [7, 11) is 0. The Hall–Kier alpha value is -1.76. The zero-order valence-corrected chi connectivity index (χ0v) is 14.6. The minimum absolute atomic E-state index is 0.254. The number of rotatable bonds is 4. The normalized spacial score (nSPS) is 20.6. The molecule has 2 aromatic rings. The number of aromatic nitrogens is 2. The number of hydrogen-bond donors (Lipinski definition) is 1. The molecule has 0 saturated heterocycles. The van der Waals surface area contributed by atoms with Gasteiger partial charge in [-0.15, -0.1) is 0 Å². The summed E-state index contributed by atoms with van der Waals surface area (Å²) in [5.41, 5.74) is 3.01. The summed E-state index contributed by atoms with van der Waals surface area (Å²) in [5.74, 6) is 1.88. The molecule has 0 spiro atoms. The van der Waals surface area contributed by atoms with Crippen LogP contribution in [0, 0.1) is 5.92 Å². The number of benzene rings is 1. The second-order valence-electron chi connectivity index (χ2n) is 7.07. The zero-order valence-electron chi connectivity index (χ0n) is 13.8. The predicted octanol–water partition coefficient (Wildman–Crippen LogP) is 2.72. The van der Waals surface area contributed by atoms with E-state index in [0.717, 1.165) is 61.7 Å². The van der Waals surface area contributed by atoms with Gasteiger partial charge in [0.15, 0.2) is 11.5 Å². The van der Waals surface area contributed by atoms with E-state index < -0.39 is 6.10 Å². The average molecular weight is 362 g/mol. The summed E-state index contributed by atoms with van der Waals surface area (Å²) in [5, 5.41) is 15.6.